The van der Waals surface area contributed by atoms with Gasteiger partial charge in [-0.15, -0.1) is 0 Å². The van der Waals surface area contributed by atoms with E-state index in [0.29, 0.717) is 11.5 Å². The number of fused-ring (bicyclic) bond motifs is 1. The van der Waals surface area contributed by atoms with Gasteiger partial charge in [0.25, 0.3) is 0 Å². The second-order valence-electron chi connectivity index (χ2n) is 4.64. The van der Waals surface area contributed by atoms with E-state index in [1.165, 1.54) is 10.9 Å². The van der Waals surface area contributed by atoms with Crippen LogP contribution < -0.4 is 4.97 Å². The Morgan fingerprint density at radius 2 is 2.08 bits per heavy atom. The Morgan fingerprint density at radius 3 is 2.77 bits per heavy atom. The molecule has 0 radical (unpaired) electrons. The van der Waals surface area contributed by atoms with Crippen LogP contribution in [0.3, 0.4) is 0 Å². The Balaban J connectivity index is 2.57. The summed E-state index contributed by atoms with van der Waals surface area (Å²) in [6.07, 6.45) is 0. The van der Waals surface area contributed by atoms with Crippen LogP contribution in [0.25, 0.3) is 0 Å². The number of anilines is 1. The van der Waals surface area contributed by atoms with E-state index >= 15 is 0 Å². The third kappa shape index (κ3) is 1.63. The molecule has 0 saturated carbocycles. The van der Waals surface area contributed by atoms with E-state index in [0.717, 1.165) is 49.0 Å². The van der Waals surface area contributed by atoms with Gasteiger partial charge in [0, 0.05) is 0 Å². The molecule has 1 unspecified atom stereocenters. The molecule has 64 valence electrons. The van der Waals surface area contributed by atoms with Crippen LogP contribution in [0.5, 0.6) is 0 Å². The predicted octanol–water partition coefficient (Wildman–Crippen LogP) is 1.57. The molecular weight excluding hydrogens is 185 g/mol. The van der Waals surface area contributed by atoms with Crippen molar-refractivity contribution in [1.29, 1.82) is 0 Å². The fraction of sp³-hybridized carbons (Fsp3) is 0.455. The number of rotatable bonds is 0. The van der Waals surface area contributed by atoms with Crippen molar-refractivity contribution in [3.05, 3.63) is 23.8 Å². The number of hydrogen-bond acceptors (Lipinski definition) is 1. The molecule has 2 rings (SSSR count). The van der Waals surface area contributed by atoms with E-state index in [-0.39, 0.29) is 0 Å². The first kappa shape index (κ1) is 10.2. The van der Waals surface area contributed by atoms with Crippen LogP contribution in [0.1, 0.15) is 26.3 Å². The molecule has 13 heavy (non-hydrogen) atoms. The van der Waals surface area contributed by atoms with E-state index in [9.17, 15) is 0 Å². The molecule has 0 amide bonds. The summed E-state index contributed by atoms with van der Waals surface area (Å²) in [6, 6.07) is 7.42. The van der Waals surface area contributed by atoms with Gasteiger partial charge >= 0.3 is 116 Å². The number of hydrogen-bond donors (Lipinski definition) is 1. The fourth-order valence-electron chi connectivity index (χ4n) is 1.96. The van der Waals surface area contributed by atoms with Crippen molar-refractivity contribution in [2.45, 2.75) is 32.2 Å². The summed E-state index contributed by atoms with van der Waals surface area (Å²) < 4.78 is 1.54. The van der Waals surface area contributed by atoms with E-state index in [4.69, 9.17) is 0 Å². The van der Waals surface area contributed by atoms with E-state index in [1.807, 2.05) is 0 Å². The van der Waals surface area contributed by atoms with E-state index < -0.39 is 0 Å². The topological polar surface area (TPSA) is 12.0 Å². The minimum absolute atomic E-state index is 0.295. The Bertz CT molecular complexity index is 344. The molecular formula is C11H14KN. The molecule has 0 aliphatic carbocycles. The van der Waals surface area contributed by atoms with Crippen LogP contribution in [-0.4, -0.2) is 55.0 Å². The third-order valence-electron chi connectivity index (χ3n) is 3.32. The second-order valence-corrected chi connectivity index (χ2v) is 6.44. The van der Waals surface area contributed by atoms with Crippen molar-refractivity contribution in [3.63, 3.8) is 0 Å². The molecule has 0 saturated heterocycles. The average molecular weight is 199 g/mol. The summed E-state index contributed by atoms with van der Waals surface area (Å²) in [4.78, 5) is 0. The van der Waals surface area contributed by atoms with Gasteiger partial charge in [0.05, 0.1) is 0 Å². The molecule has 1 heterocycles. The van der Waals surface area contributed by atoms with Crippen LogP contribution in [0.15, 0.2) is 18.2 Å². The van der Waals surface area contributed by atoms with Gasteiger partial charge < -0.3 is 0 Å². The third-order valence-corrected chi connectivity index (χ3v) is 4.30. The molecule has 1 aromatic rings. The Kier molecular flexibility index (Phi) is 2.62. The van der Waals surface area contributed by atoms with Crippen LogP contribution in [0.4, 0.5) is 5.69 Å². The van der Waals surface area contributed by atoms with Crippen molar-refractivity contribution in [2.24, 2.45) is 0 Å². The first-order valence-electron chi connectivity index (χ1n) is 4.89. The monoisotopic (exact) mass is 199 g/mol. The van der Waals surface area contributed by atoms with Crippen LogP contribution in [0, 0.1) is 0 Å². The maximum atomic E-state index is 3.54. The van der Waals surface area contributed by atoms with Gasteiger partial charge in [-0.1, -0.05) is 0 Å². The van der Waals surface area contributed by atoms with Gasteiger partial charge in [-0.2, -0.15) is 0 Å². The normalized spacial score (nSPS) is 23.9. The number of nitrogens with one attached hydrogen (secondary N) is 1. The van der Waals surface area contributed by atoms with E-state index in [1.54, 1.807) is 0 Å². The van der Waals surface area contributed by atoms with Crippen molar-refractivity contribution >= 4 is 54.3 Å². The fourth-order valence-corrected chi connectivity index (χ4v) is 2.68. The molecule has 0 fully saturated rings. The predicted molar refractivity (Wildman–Crippen MR) is 57.9 cm³/mol. The molecule has 1 aliphatic rings. The summed E-state index contributed by atoms with van der Waals surface area (Å²) in [7, 11) is 0. The standard InChI is InChI=1S/C11H14N.K/c1-8-11(2,3)9-6-4-5-7-10(9)12-8;/h5-8,12H,1-3H3;. The molecule has 1 atom stereocenters. The molecule has 1 aliphatic heterocycles. The average Bonchev–Trinajstić information content (AvgIpc) is 2.27. The molecule has 1 N–H and O–H groups in total. The minimum atomic E-state index is 0.295. The van der Waals surface area contributed by atoms with Crippen LogP contribution >= 0.6 is 0 Å². The zero-order chi connectivity index (χ0) is 9.64. The molecule has 1 nitrogen and oxygen atoms in total. The van der Waals surface area contributed by atoms with Gasteiger partial charge in [0.2, 0.25) is 0 Å². The molecule has 0 bridgehead atoms. The Morgan fingerprint density at radius 1 is 1.38 bits per heavy atom. The maximum absolute atomic E-state index is 3.54. The second kappa shape index (κ2) is 3.35. The van der Waals surface area contributed by atoms with Crippen molar-refractivity contribution in [3.8, 4) is 0 Å². The summed E-state index contributed by atoms with van der Waals surface area (Å²) in [5, 5.41) is 3.54. The van der Waals surface area contributed by atoms with Crippen molar-refractivity contribution in [2.75, 3.05) is 5.32 Å². The SMILES string of the molecule is CC1Nc2cc[c]([K])cc2C1(C)C. The first-order valence-corrected chi connectivity index (χ1v) is 6.45. The quantitative estimate of drug-likeness (QED) is 0.625. The van der Waals surface area contributed by atoms with Gasteiger partial charge in [-0.3, -0.25) is 0 Å². The molecule has 2 heteroatoms. The Hall–Kier alpha value is 0.656. The summed E-state index contributed by atoms with van der Waals surface area (Å²) in [5.41, 5.74) is 3.14. The molecule has 0 aromatic heterocycles. The van der Waals surface area contributed by atoms with Gasteiger partial charge in [-0.25, -0.2) is 0 Å². The zero-order valence-electron chi connectivity index (χ0n) is 8.81. The van der Waals surface area contributed by atoms with Gasteiger partial charge in [-0.05, 0) is 0 Å². The molecule has 0 spiro atoms. The van der Waals surface area contributed by atoms with Crippen molar-refractivity contribution in [1.82, 2.24) is 0 Å². The molecule has 1 aromatic carbocycles. The number of benzene rings is 1. The zero-order valence-corrected chi connectivity index (χ0v) is 11.9. The van der Waals surface area contributed by atoms with Gasteiger partial charge in [0.1, 0.15) is 0 Å². The summed E-state index contributed by atoms with van der Waals surface area (Å²) >= 11 is 0.796. The summed E-state index contributed by atoms with van der Waals surface area (Å²) in [6.45, 7) is 6.91. The van der Waals surface area contributed by atoms with E-state index in [2.05, 4.69) is 44.3 Å². The first-order chi connectivity index (χ1) is 6.01. The van der Waals surface area contributed by atoms with Crippen LogP contribution in [0.2, 0.25) is 0 Å². The Labute approximate surface area is 114 Å². The summed E-state index contributed by atoms with van der Waals surface area (Å²) in [5.74, 6) is 0. The van der Waals surface area contributed by atoms with Crippen LogP contribution in [-0.2, 0) is 5.41 Å². The van der Waals surface area contributed by atoms with Gasteiger partial charge in [0.15, 0.2) is 0 Å². The van der Waals surface area contributed by atoms with Crippen molar-refractivity contribution < 1.29 is 0 Å².